The lowest BCUT2D eigenvalue weighted by atomic mass is 9.29. The molecule has 1 nitrogen and oxygen atoms in total. The first-order valence-electron chi connectivity index (χ1n) is 25.6. The zero-order valence-corrected chi connectivity index (χ0v) is 41.7. The SMILES string of the molecule is CC1=CC(C)CC(C)=C1B(c1c(C)cc(C)cc1C)C1C=CC(c2ccc(-c3cccc4c3C(c3ccc(-c5ccc(N(c6cccc7ccccc67)C6C=CCCC6)cc5)cc3)=C=C=C4)cc2)=CC1. The molecule has 0 aliphatic heterocycles. The zero-order valence-electron chi connectivity index (χ0n) is 41.7. The van der Waals surface area contributed by atoms with E-state index in [1.807, 2.05) is 0 Å². The highest BCUT2D eigenvalue weighted by Gasteiger charge is 2.35. The quantitative estimate of drug-likeness (QED) is 0.0751. The van der Waals surface area contributed by atoms with Crippen molar-refractivity contribution in [3.63, 3.8) is 0 Å². The van der Waals surface area contributed by atoms with E-state index in [1.54, 1.807) is 11.0 Å². The Morgan fingerprint density at radius 2 is 1.36 bits per heavy atom. The van der Waals surface area contributed by atoms with Gasteiger partial charge >= 0.3 is 0 Å². The van der Waals surface area contributed by atoms with Gasteiger partial charge in [0.2, 0.25) is 6.71 Å². The molecule has 11 rings (SSSR count). The number of anilines is 2. The Morgan fingerprint density at radius 1 is 0.671 bits per heavy atom. The molecule has 342 valence electrons. The zero-order chi connectivity index (χ0) is 47.9. The Labute approximate surface area is 417 Å². The smallest absolute Gasteiger partial charge is 0.217 e. The molecule has 0 N–H and O–H groups in total. The van der Waals surface area contributed by atoms with Crippen LogP contribution in [0.4, 0.5) is 11.4 Å². The second-order valence-corrected chi connectivity index (χ2v) is 20.5. The molecule has 0 amide bonds. The first-order chi connectivity index (χ1) is 34.2. The van der Waals surface area contributed by atoms with E-state index >= 15 is 0 Å². The molecule has 0 fully saturated rings. The molecule has 0 bridgehead atoms. The van der Waals surface area contributed by atoms with Gasteiger partial charge in [-0.05, 0) is 153 Å². The van der Waals surface area contributed by atoms with E-state index in [1.165, 1.54) is 101 Å². The Kier molecular flexibility index (Phi) is 12.4. The van der Waals surface area contributed by atoms with E-state index in [9.17, 15) is 0 Å². The molecule has 3 unspecified atom stereocenters. The van der Waals surface area contributed by atoms with Crippen molar-refractivity contribution in [3.05, 3.63) is 249 Å². The molecule has 7 aromatic rings. The highest BCUT2D eigenvalue weighted by atomic mass is 15.2. The van der Waals surface area contributed by atoms with Crippen LogP contribution in [-0.4, -0.2) is 12.8 Å². The first kappa shape index (κ1) is 45.1. The summed E-state index contributed by atoms with van der Waals surface area (Å²) in [5.41, 5.74) is 31.5. The maximum absolute atomic E-state index is 3.54. The lowest BCUT2D eigenvalue weighted by Crippen LogP contribution is -2.42. The maximum atomic E-state index is 3.54. The maximum Gasteiger partial charge on any atom is 0.217 e. The predicted octanol–water partition coefficient (Wildman–Crippen LogP) is 17.5. The van der Waals surface area contributed by atoms with Crippen LogP contribution in [-0.2, 0) is 0 Å². The van der Waals surface area contributed by atoms with Crippen LogP contribution < -0.4 is 10.4 Å². The number of rotatable bonds is 10. The largest absolute Gasteiger partial charge is 0.334 e. The standard InChI is InChI=1S/C68H62BN/c1-45-41-47(3)67(48(4)42-45)69(68-49(5)43-46(2)44-50(68)6)59-37-33-53(34-38-59)51-25-29-56(30-26-51)63-22-12-17-58-18-13-23-64(66(58)63)57-31-27-52(28-32-57)54-35-39-61(40-36-54)70(60-19-8-7-9-20-60)65-24-14-16-55-15-10-11-21-62(55)65/h8,10-12,14-19,21-22,24-37,39-43,46,59-60H,7,9,20,38,44H2,1-6H3. The van der Waals surface area contributed by atoms with Gasteiger partial charge < -0.3 is 4.90 Å². The van der Waals surface area contributed by atoms with E-state index in [4.69, 9.17) is 0 Å². The molecule has 3 atom stereocenters. The number of hydrogen-bond donors (Lipinski definition) is 0. The summed E-state index contributed by atoms with van der Waals surface area (Å²) in [6.45, 7) is 14.3. The molecular formula is C68H62BN. The van der Waals surface area contributed by atoms with Crippen LogP contribution in [0.2, 0.25) is 5.82 Å². The minimum atomic E-state index is 0.318. The molecule has 0 saturated carbocycles. The van der Waals surface area contributed by atoms with Crippen molar-refractivity contribution in [1.82, 2.24) is 0 Å². The minimum absolute atomic E-state index is 0.318. The van der Waals surface area contributed by atoms with Crippen LogP contribution in [0.5, 0.6) is 0 Å². The molecule has 2 heteroatoms. The van der Waals surface area contributed by atoms with Crippen molar-refractivity contribution in [2.75, 3.05) is 4.90 Å². The number of hydrogen-bond acceptors (Lipinski definition) is 1. The van der Waals surface area contributed by atoms with E-state index in [-0.39, 0.29) is 0 Å². The lowest BCUT2D eigenvalue weighted by molar-refractivity contribution is 0.632. The molecule has 4 aliphatic carbocycles. The third-order valence-electron chi connectivity index (χ3n) is 15.5. The van der Waals surface area contributed by atoms with Crippen LogP contribution in [0.15, 0.2) is 210 Å². The summed E-state index contributed by atoms with van der Waals surface area (Å²) in [6.07, 6.45) is 22.4. The van der Waals surface area contributed by atoms with Gasteiger partial charge in [0, 0.05) is 27.9 Å². The molecule has 7 aromatic carbocycles. The van der Waals surface area contributed by atoms with E-state index < -0.39 is 0 Å². The Hall–Kier alpha value is -7.34. The molecule has 0 aromatic heterocycles. The van der Waals surface area contributed by atoms with E-state index in [2.05, 4.69) is 246 Å². The Morgan fingerprint density at radius 3 is 2.07 bits per heavy atom. The normalized spacial score (nSPS) is 18.4. The Bertz CT molecular complexity index is 3400. The van der Waals surface area contributed by atoms with Crippen LogP contribution in [0.25, 0.3) is 50.2 Å². The topological polar surface area (TPSA) is 3.24 Å². The highest BCUT2D eigenvalue weighted by Crippen LogP contribution is 2.42. The molecule has 0 saturated heterocycles. The number of nitrogens with zero attached hydrogens (tertiary/aromatic N) is 1. The fraction of sp³-hybridized carbons (Fsp3) is 0.206. The van der Waals surface area contributed by atoms with Crippen molar-refractivity contribution in [3.8, 4) is 22.3 Å². The molecular weight excluding hydrogens is 842 g/mol. The molecule has 0 spiro atoms. The fourth-order valence-corrected chi connectivity index (χ4v) is 12.5. The number of allylic oxidation sites excluding steroid dienone is 9. The summed E-state index contributed by atoms with van der Waals surface area (Å²) < 4.78 is 0. The Balaban J connectivity index is 0.837. The van der Waals surface area contributed by atoms with Crippen molar-refractivity contribution in [1.29, 1.82) is 0 Å². The van der Waals surface area contributed by atoms with Gasteiger partial charge in [0.1, 0.15) is 0 Å². The molecule has 0 radical (unpaired) electrons. The van der Waals surface area contributed by atoms with Crippen molar-refractivity contribution in [2.45, 2.75) is 85.5 Å². The van der Waals surface area contributed by atoms with E-state index in [0.717, 1.165) is 36.8 Å². The van der Waals surface area contributed by atoms with Crippen molar-refractivity contribution >= 4 is 51.5 Å². The predicted molar refractivity (Wildman–Crippen MR) is 302 cm³/mol. The second-order valence-electron chi connectivity index (χ2n) is 20.5. The molecule has 70 heavy (non-hydrogen) atoms. The van der Waals surface area contributed by atoms with Gasteiger partial charge in [-0.2, -0.15) is 0 Å². The number of benzene rings is 7. The summed E-state index contributed by atoms with van der Waals surface area (Å²) >= 11 is 0. The van der Waals surface area contributed by atoms with Gasteiger partial charge in [0.05, 0.1) is 6.04 Å². The number of aryl methyl sites for hydroxylation is 3. The summed E-state index contributed by atoms with van der Waals surface area (Å²) in [5, 5.41) is 2.55. The van der Waals surface area contributed by atoms with Gasteiger partial charge in [0.25, 0.3) is 0 Å². The van der Waals surface area contributed by atoms with Gasteiger partial charge in [-0.3, -0.25) is 0 Å². The number of fused-ring (bicyclic) bond motifs is 2. The summed E-state index contributed by atoms with van der Waals surface area (Å²) in [5.74, 6) is 0.978. The highest BCUT2D eigenvalue weighted by molar-refractivity contribution is 6.83. The van der Waals surface area contributed by atoms with Crippen molar-refractivity contribution < 1.29 is 0 Å². The molecule has 4 aliphatic rings. The minimum Gasteiger partial charge on any atom is -0.334 e. The van der Waals surface area contributed by atoms with Gasteiger partial charge in [-0.15, -0.1) is 0 Å². The van der Waals surface area contributed by atoms with Crippen LogP contribution >= 0.6 is 0 Å². The third-order valence-corrected chi connectivity index (χ3v) is 15.5. The van der Waals surface area contributed by atoms with Gasteiger partial charge in [-0.1, -0.05) is 221 Å². The fourth-order valence-electron chi connectivity index (χ4n) is 12.5. The lowest BCUT2D eigenvalue weighted by Gasteiger charge is -2.34. The molecule has 0 heterocycles. The van der Waals surface area contributed by atoms with Crippen molar-refractivity contribution in [2.24, 2.45) is 5.92 Å². The second kappa shape index (κ2) is 19.2. The summed E-state index contributed by atoms with van der Waals surface area (Å²) in [6, 6.07) is 54.6. The van der Waals surface area contributed by atoms with Gasteiger partial charge in [-0.25, -0.2) is 0 Å². The first-order valence-corrected chi connectivity index (χ1v) is 25.6. The van der Waals surface area contributed by atoms with Crippen LogP contribution in [0.1, 0.15) is 91.8 Å². The van der Waals surface area contributed by atoms with Crippen LogP contribution in [0.3, 0.4) is 0 Å². The summed E-state index contributed by atoms with van der Waals surface area (Å²) in [7, 11) is 0. The van der Waals surface area contributed by atoms with Gasteiger partial charge in [0.15, 0.2) is 0 Å². The average molecular weight is 904 g/mol. The van der Waals surface area contributed by atoms with Crippen LogP contribution in [0, 0.1) is 26.7 Å². The average Bonchev–Trinajstić information content (AvgIpc) is 3.38. The third kappa shape index (κ3) is 8.69. The monoisotopic (exact) mass is 903 g/mol. The summed E-state index contributed by atoms with van der Waals surface area (Å²) in [4.78, 5) is 2.54. The van der Waals surface area contributed by atoms with E-state index in [0.29, 0.717) is 24.5 Å².